The maximum Gasteiger partial charge on any atom is 0.213 e. The Morgan fingerprint density at radius 2 is 2.17 bits per heavy atom. The van der Waals surface area contributed by atoms with E-state index >= 15 is 0 Å². The normalized spacial score (nSPS) is 11.7. The zero-order valence-corrected chi connectivity index (χ0v) is 11.2. The van der Waals surface area contributed by atoms with Crippen LogP contribution in [-0.2, 0) is 15.6 Å². The van der Waals surface area contributed by atoms with E-state index in [2.05, 4.69) is 4.98 Å². The molecule has 0 aromatic carbocycles. The van der Waals surface area contributed by atoms with Gasteiger partial charge in [-0.3, -0.25) is 0 Å². The van der Waals surface area contributed by atoms with E-state index in [1.54, 1.807) is 6.92 Å². The van der Waals surface area contributed by atoms with Crippen LogP contribution in [-0.4, -0.2) is 13.4 Å². The van der Waals surface area contributed by atoms with Gasteiger partial charge in [-0.2, -0.15) is 4.39 Å². The van der Waals surface area contributed by atoms with Crippen LogP contribution in [0.4, 0.5) is 10.1 Å². The van der Waals surface area contributed by atoms with Crippen molar-refractivity contribution < 1.29 is 12.8 Å². The SMILES string of the molecule is Cc1sc(S(=O)(=O)Cc2cccc(F)n2)cc1N. The summed E-state index contributed by atoms with van der Waals surface area (Å²) in [5.74, 6) is -1.02. The Kier molecular flexibility index (Phi) is 3.36. The lowest BCUT2D eigenvalue weighted by Crippen LogP contribution is -2.05. The fraction of sp³-hybridized carbons (Fsp3) is 0.182. The number of thiophene rings is 1. The van der Waals surface area contributed by atoms with Gasteiger partial charge < -0.3 is 5.73 Å². The summed E-state index contributed by atoms with van der Waals surface area (Å²) in [7, 11) is -3.52. The molecule has 0 aliphatic carbocycles. The van der Waals surface area contributed by atoms with E-state index in [1.165, 1.54) is 24.3 Å². The Morgan fingerprint density at radius 1 is 1.44 bits per heavy atom. The molecule has 0 bridgehead atoms. The summed E-state index contributed by atoms with van der Waals surface area (Å²) in [6.45, 7) is 1.75. The standard InChI is InChI=1S/C11H11FN2O2S2/c1-7-9(13)5-11(17-7)18(15,16)6-8-3-2-4-10(12)14-8/h2-5H,6,13H2,1H3. The number of hydrogen-bond donors (Lipinski definition) is 1. The van der Waals surface area contributed by atoms with Crippen molar-refractivity contribution in [2.75, 3.05) is 5.73 Å². The molecule has 2 aromatic heterocycles. The number of halogens is 1. The van der Waals surface area contributed by atoms with E-state index in [0.29, 0.717) is 5.69 Å². The summed E-state index contributed by atoms with van der Waals surface area (Å²) in [5, 5.41) is 0. The molecule has 0 saturated carbocycles. The zero-order valence-electron chi connectivity index (χ0n) is 9.55. The number of nitrogen functional groups attached to an aromatic ring is 1. The molecule has 0 fully saturated rings. The number of sulfone groups is 1. The fourth-order valence-corrected chi connectivity index (χ4v) is 4.14. The van der Waals surface area contributed by atoms with Gasteiger partial charge in [0.1, 0.15) is 4.21 Å². The van der Waals surface area contributed by atoms with Gasteiger partial charge in [-0.1, -0.05) is 6.07 Å². The monoisotopic (exact) mass is 286 g/mol. The van der Waals surface area contributed by atoms with E-state index in [4.69, 9.17) is 5.73 Å². The molecule has 0 amide bonds. The van der Waals surface area contributed by atoms with Gasteiger partial charge in [-0.15, -0.1) is 11.3 Å². The molecule has 0 aliphatic heterocycles. The van der Waals surface area contributed by atoms with Gasteiger partial charge in [0.05, 0.1) is 11.4 Å². The van der Waals surface area contributed by atoms with Crippen molar-refractivity contribution in [3.05, 3.63) is 40.8 Å². The Morgan fingerprint density at radius 3 is 2.72 bits per heavy atom. The minimum Gasteiger partial charge on any atom is -0.398 e. The average Bonchev–Trinajstić information content (AvgIpc) is 2.59. The van der Waals surface area contributed by atoms with Crippen LogP contribution in [0.15, 0.2) is 28.5 Å². The second-order valence-corrected chi connectivity index (χ2v) is 7.26. The van der Waals surface area contributed by atoms with Gasteiger partial charge >= 0.3 is 0 Å². The predicted octanol–water partition coefficient (Wildman–Crippen LogP) is 2.15. The summed E-state index contributed by atoms with van der Waals surface area (Å²) < 4.78 is 37.2. The first-order valence-electron chi connectivity index (χ1n) is 5.08. The molecular formula is C11H11FN2O2S2. The van der Waals surface area contributed by atoms with Crippen molar-refractivity contribution >= 4 is 26.9 Å². The second-order valence-electron chi connectivity index (χ2n) is 3.79. The van der Waals surface area contributed by atoms with Crippen LogP contribution < -0.4 is 5.73 Å². The molecule has 96 valence electrons. The maximum absolute atomic E-state index is 12.9. The summed E-state index contributed by atoms with van der Waals surface area (Å²) in [5.41, 5.74) is 6.26. The molecule has 2 N–H and O–H groups in total. The third-order valence-electron chi connectivity index (χ3n) is 2.35. The number of nitrogens with two attached hydrogens (primary N) is 1. The highest BCUT2D eigenvalue weighted by Crippen LogP contribution is 2.29. The first-order valence-corrected chi connectivity index (χ1v) is 7.55. The Bertz CT molecular complexity index is 661. The van der Waals surface area contributed by atoms with Gasteiger partial charge in [-0.25, -0.2) is 13.4 Å². The topological polar surface area (TPSA) is 73.0 Å². The lowest BCUT2D eigenvalue weighted by Gasteiger charge is -2.01. The molecule has 2 rings (SSSR count). The molecule has 0 radical (unpaired) electrons. The molecule has 18 heavy (non-hydrogen) atoms. The van der Waals surface area contributed by atoms with Crippen molar-refractivity contribution in [3.8, 4) is 0 Å². The van der Waals surface area contributed by atoms with E-state index in [9.17, 15) is 12.8 Å². The Labute approximate surface area is 108 Å². The number of aryl methyl sites for hydroxylation is 1. The van der Waals surface area contributed by atoms with Crippen LogP contribution in [0.25, 0.3) is 0 Å². The van der Waals surface area contributed by atoms with E-state index in [-0.39, 0.29) is 15.7 Å². The third kappa shape index (κ3) is 2.68. The van der Waals surface area contributed by atoms with Crippen LogP contribution in [0.2, 0.25) is 0 Å². The van der Waals surface area contributed by atoms with Crippen molar-refractivity contribution in [2.24, 2.45) is 0 Å². The number of anilines is 1. The smallest absolute Gasteiger partial charge is 0.213 e. The van der Waals surface area contributed by atoms with Crippen LogP contribution in [0.1, 0.15) is 10.6 Å². The van der Waals surface area contributed by atoms with E-state index < -0.39 is 15.8 Å². The molecule has 0 unspecified atom stereocenters. The van der Waals surface area contributed by atoms with Crippen molar-refractivity contribution in [1.29, 1.82) is 0 Å². The molecule has 2 aromatic rings. The summed E-state index contributed by atoms with van der Waals surface area (Å²) in [4.78, 5) is 4.29. The van der Waals surface area contributed by atoms with Gasteiger partial charge in [-0.05, 0) is 25.1 Å². The minimum atomic E-state index is -3.52. The van der Waals surface area contributed by atoms with E-state index in [0.717, 1.165) is 16.2 Å². The molecule has 7 heteroatoms. The van der Waals surface area contributed by atoms with Gasteiger partial charge in [0.25, 0.3) is 0 Å². The van der Waals surface area contributed by atoms with Crippen molar-refractivity contribution in [2.45, 2.75) is 16.9 Å². The number of nitrogens with zero attached hydrogens (tertiary/aromatic N) is 1. The molecule has 2 heterocycles. The molecule has 4 nitrogen and oxygen atoms in total. The lowest BCUT2D eigenvalue weighted by molar-refractivity contribution is 0.576. The van der Waals surface area contributed by atoms with Gasteiger partial charge in [0.15, 0.2) is 9.84 Å². The highest BCUT2D eigenvalue weighted by Gasteiger charge is 2.19. The molecule has 0 aliphatic rings. The summed E-state index contributed by atoms with van der Waals surface area (Å²) >= 11 is 1.11. The molecular weight excluding hydrogens is 275 g/mol. The molecule has 0 spiro atoms. The minimum absolute atomic E-state index is 0.180. The summed E-state index contributed by atoms with van der Waals surface area (Å²) in [6, 6.07) is 5.50. The Balaban J connectivity index is 2.33. The van der Waals surface area contributed by atoms with Crippen molar-refractivity contribution in [1.82, 2.24) is 4.98 Å². The predicted molar refractivity (Wildman–Crippen MR) is 68.6 cm³/mol. The van der Waals surface area contributed by atoms with Crippen molar-refractivity contribution in [3.63, 3.8) is 0 Å². The first kappa shape index (κ1) is 13.0. The maximum atomic E-state index is 12.9. The van der Waals surface area contributed by atoms with Gasteiger partial charge in [0.2, 0.25) is 5.95 Å². The van der Waals surface area contributed by atoms with Crippen LogP contribution in [0.3, 0.4) is 0 Å². The van der Waals surface area contributed by atoms with Crippen LogP contribution in [0, 0.1) is 12.9 Å². The number of pyridine rings is 1. The fourth-order valence-electron chi connectivity index (χ4n) is 1.42. The van der Waals surface area contributed by atoms with Crippen LogP contribution in [0.5, 0.6) is 0 Å². The lowest BCUT2D eigenvalue weighted by atomic mass is 10.4. The Hall–Kier alpha value is -1.47. The zero-order chi connectivity index (χ0) is 13.3. The number of hydrogen-bond acceptors (Lipinski definition) is 5. The highest BCUT2D eigenvalue weighted by molar-refractivity contribution is 7.92. The number of rotatable bonds is 3. The number of aromatic nitrogens is 1. The first-order chi connectivity index (χ1) is 8.38. The van der Waals surface area contributed by atoms with Gasteiger partial charge in [0, 0.05) is 10.6 Å². The highest BCUT2D eigenvalue weighted by atomic mass is 32.2. The molecule has 0 saturated heterocycles. The van der Waals surface area contributed by atoms with Crippen LogP contribution >= 0.6 is 11.3 Å². The van der Waals surface area contributed by atoms with E-state index in [1.807, 2.05) is 0 Å². The summed E-state index contributed by atoms with van der Waals surface area (Å²) in [6.07, 6.45) is 0. The quantitative estimate of drug-likeness (QED) is 0.877. The second kappa shape index (κ2) is 4.66. The largest absolute Gasteiger partial charge is 0.398 e. The molecule has 0 atom stereocenters. The average molecular weight is 286 g/mol. The third-order valence-corrected chi connectivity index (χ3v) is 5.63.